The zero-order valence-corrected chi connectivity index (χ0v) is 12.4. The minimum absolute atomic E-state index is 0.338. The Morgan fingerprint density at radius 1 is 1.32 bits per heavy atom. The van der Waals surface area contributed by atoms with Crippen LogP contribution in [0.25, 0.3) is 0 Å². The van der Waals surface area contributed by atoms with Crippen molar-refractivity contribution in [2.45, 2.75) is 50.6 Å². The van der Waals surface area contributed by atoms with Gasteiger partial charge in [0.15, 0.2) is 0 Å². The van der Waals surface area contributed by atoms with E-state index in [0.717, 1.165) is 24.5 Å². The maximum absolute atomic E-state index is 6.41. The quantitative estimate of drug-likeness (QED) is 0.884. The first-order valence-corrected chi connectivity index (χ1v) is 7.88. The lowest BCUT2D eigenvalue weighted by Crippen LogP contribution is -2.63. The molecule has 0 radical (unpaired) electrons. The SMILES string of the molecule is CCC1CNC2(CCCC2)CN1c1ccccc1Cl. The molecule has 1 heterocycles. The summed E-state index contributed by atoms with van der Waals surface area (Å²) in [6.07, 6.45) is 6.50. The second kappa shape index (κ2) is 5.34. The van der Waals surface area contributed by atoms with Gasteiger partial charge in [0.25, 0.3) is 0 Å². The molecule has 2 nitrogen and oxygen atoms in total. The maximum atomic E-state index is 6.41. The van der Waals surface area contributed by atoms with Crippen molar-refractivity contribution in [3.63, 3.8) is 0 Å². The number of hydrogen-bond donors (Lipinski definition) is 1. The molecule has 1 saturated heterocycles. The van der Waals surface area contributed by atoms with E-state index < -0.39 is 0 Å². The summed E-state index contributed by atoms with van der Waals surface area (Å²) in [7, 11) is 0. The van der Waals surface area contributed by atoms with Gasteiger partial charge in [-0.2, -0.15) is 0 Å². The standard InChI is InChI=1S/C16H23ClN2/c1-2-13-11-18-16(9-5-6-10-16)12-19(13)15-8-4-3-7-14(15)17/h3-4,7-8,13,18H,2,5-6,9-12H2,1H3. The van der Waals surface area contributed by atoms with Crippen LogP contribution >= 0.6 is 11.6 Å². The van der Waals surface area contributed by atoms with Gasteiger partial charge in [0.1, 0.15) is 0 Å². The maximum Gasteiger partial charge on any atom is 0.0639 e. The molecule has 3 rings (SSSR count). The molecule has 1 saturated carbocycles. The van der Waals surface area contributed by atoms with Crippen LogP contribution in [0, 0.1) is 0 Å². The predicted octanol–water partition coefficient (Wildman–Crippen LogP) is 3.84. The number of halogens is 1. The lowest BCUT2D eigenvalue weighted by molar-refractivity contribution is 0.267. The van der Waals surface area contributed by atoms with E-state index in [4.69, 9.17) is 11.6 Å². The van der Waals surface area contributed by atoms with Crippen molar-refractivity contribution in [3.05, 3.63) is 29.3 Å². The number of nitrogens with one attached hydrogen (secondary N) is 1. The lowest BCUT2D eigenvalue weighted by Gasteiger charge is -2.47. The summed E-state index contributed by atoms with van der Waals surface area (Å²) in [5.74, 6) is 0. The van der Waals surface area contributed by atoms with Crippen LogP contribution in [0.1, 0.15) is 39.0 Å². The molecule has 1 aromatic carbocycles. The van der Waals surface area contributed by atoms with Crippen molar-refractivity contribution in [1.82, 2.24) is 5.32 Å². The molecule has 1 spiro atoms. The number of rotatable bonds is 2. The van der Waals surface area contributed by atoms with E-state index in [-0.39, 0.29) is 0 Å². The Kier molecular flexibility index (Phi) is 3.72. The van der Waals surface area contributed by atoms with E-state index in [1.165, 1.54) is 31.4 Å². The molecule has 3 heteroatoms. The van der Waals surface area contributed by atoms with Crippen molar-refractivity contribution in [1.29, 1.82) is 0 Å². The molecule has 0 bridgehead atoms. The first kappa shape index (κ1) is 13.3. The van der Waals surface area contributed by atoms with Crippen LogP contribution < -0.4 is 10.2 Å². The number of nitrogens with zero attached hydrogens (tertiary/aromatic N) is 1. The van der Waals surface area contributed by atoms with Crippen molar-refractivity contribution < 1.29 is 0 Å². The molecular weight excluding hydrogens is 256 g/mol. The second-order valence-electron chi connectivity index (χ2n) is 6.01. The van der Waals surface area contributed by atoms with Gasteiger partial charge < -0.3 is 10.2 Å². The molecular formula is C16H23ClN2. The van der Waals surface area contributed by atoms with Crippen LogP contribution in [0.4, 0.5) is 5.69 Å². The van der Waals surface area contributed by atoms with Crippen molar-refractivity contribution in [3.8, 4) is 0 Å². The zero-order valence-electron chi connectivity index (χ0n) is 11.7. The van der Waals surface area contributed by atoms with E-state index in [0.29, 0.717) is 11.6 Å². The smallest absolute Gasteiger partial charge is 0.0639 e. The van der Waals surface area contributed by atoms with E-state index in [2.05, 4.69) is 29.3 Å². The lowest BCUT2D eigenvalue weighted by atomic mass is 9.91. The number of anilines is 1. The Balaban J connectivity index is 1.89. The minimum atomic E-state index is 0.338. The molecule has 1 aliphatic carbocycles. The van der Waals surface area contributed by atoms with Gasteiger partial charge in [-0.25, -0.2) is 0 Å². The third kappa shape index (κ3) is 2.48. The van der Waals surface area contributed by atoms with Gasteiger partial charge in [0.05, 0.1) is 10.7 Å². The molecule has 1 aromatic rings. The second-order valence-corrected chi connectivity index (χ2v) is 6.42. The third-order valence-electron chi connectivity index (χ3n) is 4.82. The van der Waals surface area contributed by atoms with Gasteiger partial charge in [-0.15, -0.1) is 0 Å². The number of piperazine rings is 1. The third-order valence-corrected chi connectivity index (χ3v) is 5.14. The zero-order chi connectivity index (χ0) is 13.3. The summed E-state index contributed by atoms with van der Waals surface area (Å²) in [5.41, 5.74) is 1.55. The first-order chi connectivity index (χ1) is 9.24. The summed E-state index contributed by atoms with van der Waals surface area (Å²) in [6.45, 7) is 4.46. The highest BCUT2D eigenvalue weighted by atomic mass is 35.5. The molecule has 0 amide bonds. The fourth-order valence-electron chi connectivity index (χ4n) is 3.67. The molecule has 0 aromatic heterocycles. The Morgan fingerprint density at radius 3 is 2.74 bits per heavy atom. The topological polar surface area (TPSA) is 15.3 Å². The largest absolute Gasteiger partial charge is 0.364 e. The fraction of sp³-hybridized carbons (Fsp3) is 0.625. The highest BCUT2D eigenvalue weighted by Gasteiger charge is 2.40. The summed E-state index contributed by atoms with van der Waals surface area (Å²) in [4.78, 5) is 2.55. The molecule has 104 valence electrons. The van der Waals surface area contributed by atoms with Crippen LogP contribution in [-0.4, -0.2) is 24.7 Å². The normalized spacial score (nSPS) is 26.0. The Morgan fingerprint density at radius 2 is 2.05 bits per heavy atom. The summed E-state index contributed by atoms with van der Waals surface area (Å²) < 4.78 is 0. The molecule has 1 aliphatic heterocycles. The molecule has 1 unspecified atom stereocenters. The molecule has 2 aliphatic rings. The summed E-state index contributed by atoms with van der Waals surface area (Å²) in [6, 6.07) is 8.84. The summed E-state index contributed by atoms with van der Waals surface area (Å²) >= 11 is 6.41. The van der Waals surface area contributed by atoms with Gasteiger partial charge in [0, 0.05) is 24.7 Å². The number of benzene rings is 1. The Bertz CT molecular complexity index is 440. The number of para-hydroxylation sites is 1. The van der Waals surface area contributed by atoms with Crippen LogP contribution in [-0.2, 0) is 0 Å². The van der Waals surface area contributed by atoms with Gasteiger partial charge in [-0.05, 0) is 31.4 Å². The summed E-state index contributed by atoms with van der Waals surface area (Å²) in [5, 5.41) is 4.72. The van der Waals surface area contributed by atoms with Crippen LogP contribution in [0.5, 0.6) is 0 Å². The molecule has 2 fully saturated rings. The number of hydrogen-bond acceptors (Lipinski definition) is 2. The van der Waals surface area contributed by atoms with Gasteiger partial charge in [0.2, 0.25) is 0 Å². The highest BCUT2D eigenvalue weighted by Crippen LogP contribution is 2.37. The van der Waals surface area contributed by atoms with Gasteiger partial charge in [-0.3, -0.25) is 0 Å². The van der Waals surface area contributed by atoms with E-state index >= 15 is 0 Å². The van der Waals surface area contributed by atoms with Crippen molar-refractivity contribution in [2.75, 3.05) is 18.0 Å². The van der Waals surface area contributed by atoms with Crippen LogP contribution in [0.15, 0.2) is 24.3 Å². The predicted molar refractivity (Wildman–Crippen MR) is 82.1 cm³/mol. The molecule has 1 atom stereocenters. The molecule has 1 N–H and O–H groups in total. The van der Waals surface area contributed by atoms with E-state index in [1.54, 1.807) is 0 Å². The van der Waals surface area contributed by atoms with Gasteiger partial charge >= 0.3 is 0 Å². The average Bonchev–Trinajstić information content (AvgIpc) is 2.88. The molecule has 19 heavy (non-hydrogen) atoms. The van der Waals surface area contributed by atoms with E-state index in [9.17, 15) is 0 Å². The minimum Gasteiger partial charge on any atom is -0.364 e. The van der Waals surface area contributed by atoms with E-state index in [1.807, 2.05) is 12.1 Å². The monoisotopic (exact) mass is 278 g/mol. The van der Waals surface area contributed by atoms with Crippen molar-refractivity contribution >= 4 is 17.3 Å². The van der Waals surface area contributed by atoms with Crippen molar-refractivity contribution in [2.24, 2.45) is 0 Å². The van der Waals surface area contributed by atoms with Gasteiger partial charge in [-0.1, -0.05) is 43.5 Å². The Hall–Kier alpha value is -0.730. The Labute approximate surface area is 121 Å². The first-order valence-electron chi connectivity index (χ1n) is 7.50. The van der Waals surface area contributed by atoms with Crippen LogP contribution in [0.3, 0.4) is 0 Å². The fourth-order valence-corrected chi connectivity index (χ4v) is 3.92. The average molecular weight is 279 g/mol. The highest BCUT2D eigenvalue weighted by molar-refractivity contribution is 6.33. The van der Waals surface area contributed by atoms with Crippen LogP contribution in [0.2, 0.25) is 5.02 Å².